The van der Waals surface area contributed by atoms with Gasteiger partial charge in [-0.2, -0.15) is 0 Å². The van der Waals surface area contributed by atoms with Crippen molar-refractivity contribution >= 4 is 57.9 Å². The Morgan fingerprint density at radius 3 is 2.56 bits per heavy atom. The number of aliphatic imine (C=N–C) groups is 1. The number of piperidine rings is 1. The number of fused-ring (bicyclic) bond motifs is 1. The first kappa shape index (κ1) is 34.1. The third-order valence-electron chi connectivity index (χ3n) is 9.90. The van der Waals surface area contributed by atoms with Gasteiger partial charge in [-0.25, -0.2) is 23.4 Å². The predicted molar refractivity (Wildman–Crippen MR) is 187 cm³/mol. The highest BCUT2D eigenvalue weighted by atomic mass is 35.5. The molecule has 0 unspecified atom stereocenters. The number of nitrogens with zero attached hydrogens (tertiary/aromatic N) is 6. The fraction of sp³-hybridized carbons (Fsp3) is 0.400. The molecular formula is C35H36ClF2N7O4S. The Hall–Kier alpha value is -4.40. The lowest BCUT2D eigenvalue weighted by atomic mass is 9.93. The van der Waals surface area contributed by atoms with Gasteiger partial charge < -0.3 is 19.9 Å². The van der Waals surface area contributed by atoms with E-state index in [0.717, 1.165) is 0 Å². The molecule has 0 spiro atoms. The number of Topliss-reactive ketones (excluding diaryl/α,β-unsaturated/α-hetero) is 1. The predicted octanol–water partition coefficient (Wildman–Crippen LogP) is 5.02. The van der Waals surface area contributed by atoms with Crippen molar-refractivity contribution in [3.8, 4) is 0 Å². The number of urea groups is 1. The van der Waals surface area contributed by atoms with Gasteiger partial charge in [-0.15, -0.1) is 11.3 Å². The van der Waals surface area contributed by atoms with Gasteiger partial charge in [0.1, 0.15) is 23.5 Å². The van der Waals surface area contributed by atoms with Crippen LogP contribution < -0.4 is 15.1 Å². The highest BCUT2D eigenvalue weighted by molar-refractivity contribution is 7.11. The summed E-state index contributed by atoms with van der Waals surface area (Å²) in [6, 6.07) is 7.65. The molecule has 2 amide bonds. The lowest BCUT2D eigenvalue weighted by Crippen LogP contribution is -2.53. The molecule has 1 aromatic heterocycles. The maximum absolute atomic E-state index is 15.5. The van der Waals surface area contributed by atoms with Gasteiger partial charge in [0.25, 0.3) is 0 Å². The maximum Gasteiger partial charge on any atom is 0.338 e. The third kappa shape index (κ3) is 6.59. The number of methoxy groups -OCH3 is 1. The average molecular weight is 724 g/mol. The molecule has 50 heavy (non-hydrogen) atoms. The van der Waals surface area contributed by atoms with Gasteiger partial charge in [-0.1, -0.05) is 17.7 Å². The van der Waals surface area contributed by atoms with Crippen molar-refractivity contribution in [1.82, 2.24) is 20.1 Å². The van der Waals surface area contributed by atoms with Crippen LogP contribution in [0.5, 0.6) is 0 Å². The summed E-state index contributed by atoms with van der Waals surface area (Å²) in [6.45, 7) is 4.94. The number of amidine groups is 1. The number of hydrogen-bond acceptors (Lipinski definition) is 10. The van der Waals surface area contributed by atoms with Crippen LogP contribution in [0.3, 0.4) is 0 Å². The van der Waals surface area contributed by atoms with E-state index in [-0.39, 0.29) is 34.4 Å². The van der Waals surface area contributed by atoms with Crippen LogP contribution in [0.2, 0.25) is 5.02 Å². The van der Waals surface area contributed by atoms with Gasteiger partial charge in [0, 0.05) is 85.3 Å². The second-order valence-corrected chi connectivity index (χ2v) is 14.2. The first-order valence-electron chi connectivity index (χ1n) is 16.5. The fourth-order valence-electron chi connectivity index (χ4n) is 7.27. The number of rotatable bonds is 8. The number of carbonyl (C=O) groups is 3. The number of nitrogens with one attached hydrogen (secondary N) is 1. The Balaban J connectivity index is 1.10. The van der Waals surface area contributed by atoms with Gasteiger partial charge in [0.2, 0.25) is 0 Å². The van der Waals surface area contributed by atoms with Crippen molar-refractivity contribution < 1.29 is 27.9 Å². The van der Waals surface area contributed by atoms with Crippen LogP contribution in [0, 0.1) is 17.6 Å². The second-order valence-electron chi connectivity index (χ2n) is 12.9. The standard InChI is InChI=1S/C35H36ClF2N7O4S/c1-20(46)21-7-10-43(11-8-21)29-6-4-23(16-27(29)38)45-18-24-17-42(12-13-44(24)35(45)48)19-28-30(34(47)49-2)31(25-5-3-22(37)15-26(25)36)41-32(40-28)33-39-9-14-50-33/h3-6,9,14-16,21,24,31H,7-8,10-13,17-19H2,1-2H3,(H,40,41)/t24-,31-/m0/s1. The number of carbonyl (C=O) groups excluding carboxylic acids is 3. The largest absolute Gasteiger partial charge is 0.466 e. The Labute approximate surface area is 297 Å². The maximum atomic E-state index is 15.5. The number of ether oxygens (including phenoxy) is 1. The molecule has 15 heteroatoms. The summed E-state index contributed by atoms with van der Waals surface area (Å²) in [4.78, 5) is 55.4. The summed E-state index contributed by atoms with van der Waals surface area (Å²) in [7, 11) is 1.29. The van der Waals surface area contributed by atoms with Crippen LogP contribution in [0.25, 0.3) is 0 Å². The van der Waals surface area contributed by atoms with Crippen molar-refractivity contribution in [2.75, 3.05) is 62.7 Å². The molecule has 0 radical (unpaired) electrons. The van der Waals surface area contributed by atoms with Crippen molar-refractivity contribution in [3.63, 3.8) is 0 Å². The van der Waals surface area contributed by atoms with Crippen LogP contribution in [0.15, 0.2) is 64.2 Å². The lowest BCUT2D eigenvalue weighted by Gasteiger charge is -2.38. The molecule has 4 aliphatic rings. The molecule has 1 N–H and O–H groups in total. The first-order valence-corrected chi connectivity index (χ1v) is 17.7. The minimum atomic E-state index is -0.881. The number of hydrogen-bond donors (Lipinski definition) is 1. The highest BCUT2D eigenvalue weighted by Gasteiger charge is 2.42. The number of piperazine rings is 1. The topological polar surface area (TPSA) is 111 Å². The van der Waals surface area contributed by atoms with Crippen LogP contribution >= 0.6 is 22.9 Å². The lowest BCUT2D eigenvalue weighted by molar-refractivity contribution is -0.136. The van der Waals surface area contributed by atoms with Crippen molar-refractivity contribution in [2.45, 2.75) is 31.8 Å². The van der Waals surface area contributed by atoms with Crippen molar-refractivity contribution in [3.05, 3.63) is 86.5 Å². The number of aromatic nitrogens is 1. The van der Waals surface area contributed by atoms with Crippen LogP contribution in [0.4, 0.5) is 25.0 Å². The third-order valence-corrected chi connectivity index (χ3v) is 11.0. The zero-order chi connectivity index (χ0) is 35.1. The molecule has 3 fully saturated rings. The zero-order valence-corrected chi connectivity index (χ0v) is 29.1. The SMILES string of the molecule is COC(=O)C1=C(CN2CCN3C(=O)N(c4ccc(N5CCC(C(C)=O)CC5)c(F)c4)C[C@@H]3C2)NC(c2nccs2)=N[C@H]1c1ccc(F)cc1Cl. The summed E-state index contributed by atoms with van der Waals surface area (Å²) in [6.07, 6.45) is 3.05. The molecule has 3 saturated heterocycles. The number of anilines is 2. The smallest absolute Gasteiger partial charge is 0.338 e. The summed E-state index contributed by atoms with van der Waals surface area (Å²) >= 11 is 7.87. The van der Waals surface area contributed by atoms with Crippen molar-refractivity contribution in [2.24, 2.45) is 10.9 Å². The van der Waals surface area contributed by atoms with Crippen LogP contribution in [-0.4, -0.2) is 97.4 Å². The molecule has 0 bridgehead atoms. The molecule has 262 valence electrons. The normalized spacial score (nSPS) is 21.7. The zero-order valence-electron chi connectivity index (χ0n) is 27.6. The molecule has 0 saturated carbocycles. The van der Waals surface area contributed by atoms with E-state index < -0.39 is 23.6 Å². The van der Waals surface area contributed by atoms with Crippen LogP contribution in [0.1, 0.15) is 36.4 Å². The number of thiazole rings is 1. The Kier molecular flexibility index (Phi) is 9.59. The van der Waals surface area contributed by atoms with Gasteiger partial charge >= 0.3 is 12.0 Å². The van der Waals surface area contributed by atoms with E-state index >= 15 is 4.39 Å². The van der Waals surface area contributed by atoms with E-state index in [0.29, 0.717) is 92.1 Å². The van der Waals surface area contributed by atoms with E-state index in [1.54, 1.807) is 30.2 Å². The van der Waals surface area contributed by atoms with E-state index in [2.05, 4.69) is 15.2 Å². The molecule has 2 atom stereocenters. The Bertz CT molecular complexity index is 1880. The molecule has 3 aromatic rings. The van der Waals surface area contributed by atoms with Gasteiger partial charge in [0.05, 0.1) is 24.4 Å². The first-order chi connectivity index (χ1) is 24.1. The highest BCUT2D eigenvalue weighted by Crippen LogP contribution is 2.38. The van der Waals surface area contributed by atoms with E-state index in [1.165, 1.54) is 42.7 Å². The molecule has 11 nitrogen and oxygen atoms in total. The number of ketones is 1. The number of esters is 1. The fourth-order valence-corrected chi connectivity index (χ4v) is 8.13. The number of halogens is 3. The average Bonchev–Trinajstić information content (AvgIpc) is 3.76. The Morgan fingerprint density at radius 2 is 1.88 bits per heavy atom. The summed E-state index contributed by atoms with van der Waals surface area (Å²) in [5, 5.41) is 5.86. The monoisotopic (exact) mass is 723 g/mol. The summed E-state index contributed by atoms with van der Waals surface area (Å²) in [5.41, 5.74) is 2.20. The summed E-state index contributed by atoms with van der Waals surface area (Å²) < 4.78 is 34.7. The molecule has 7 rings (SSSR count). The molecule has 2 aromatic carbocycles. The molecule has 0 aliphatic carbocycles. The summed E-state index contributed by atoms with van der Waals surface area (Å²) in [5.74, 6) is -0.873. The van der Waals surface area contributed by atoms with E-state index in [9.17, 15) is 18.8 Å². The number of benzene rings is 2. The van der Waals surface area contributed by atoms with E-state index in [1.807, 2.05) is 15.2 Å². The van der Waals surface area contributed by atoms with E-state index in [4.69, 9.17) is 21.3 Å². The minimum absolute atomic E-state index is 0.0212. The van der Waals surface area contributed by atoms with Crippen LogP contribution in [-0.2, 0) is 14.3 Å². The molecule has 5 heterocycles. The quantitative estimate of drug-likeness (QED) is 0.323. The Morgan fingerprint density at radius 1 is 1.08 bits per heavy atom. The van der Waals surface area contributed by atoms with Crippen molar-refractivity contribution in [1.29, 1.82) is 0 Å². The number of amides is 2. The molecule has 4 aliphatic heterocycles. The van der Waals surface area contributed by atoms with Gasteiger partial charge in [-0.05, 0) is 50.1 Å². The second kappa shape index (κ2) is 14.1. The van der Waals surface area contributed by atoms with Gasteiger partial charge in [-0.3, -0.25) is 19.6 Å². The minimum Gasteiger partial charge on any atom is -0.466 e. The molecular weight excluding hydrogens is 688 g/mol. The van der Waals surface area contributed by atoms with Gasteiger partial charge in [0.15, 0.2) is 10.8 Å².